The normalized spacial score (nSPS) is 18.4. The van der Waals surface area contributed by atoms with Crippen molar-refractivity contribution < 1.29 is 9.13 Å². The Labute approximate surface area is 205 Å². The summed E-state index contributed by atoms with van der Waals surface area (Å²) in [6.07, 6.45) is 5.95. The van der Waals surface area contributed by atoms with Crippen LogP contribution < -0.4 is 10.5 Å². The molecule has 1 unspecified atom stereocenters. The van der Waals surface area contributed by atoms with Gasteiger partial charge in [-0.25, -0.2) is 19.3 Å². The molecule has 1 saturated heterocycles. The molecule has 1 atom stereocenters. The van der Waals surface area contributed by atoms with Crippen LogP contribution in [-0.2, 0) is 11.8 Å². The number of aryl methyl sites for hydroxylation is 1. The van der Waals surface area contributed by atoms with Gasteiger partial charge in [0.05, 0.1) is 25.4 Å². The summed E-state index contributed by atoms with van der Waals surface area (Å²) in [6.45, 7) is 3.17. The molecule has 2 aliphatic rings. The van der Waals surface area contributed by atoms with Crippen LogP contribution in [0.5, 0.6) is 0 Å². The van der Waals surface area contributed by atoms with Crippen LogP contribution >= 0.6 is 11.6 Å². The van der Waals surface area contributed by atoms with Crippen molar-refractivity contribution in [2.45, 2.75) is 31.9 Å². The number of morpholine rings is 1. The number of rotatable bonds is 4. The first-order chi connectivity index (χ1) is 16.9. The first-order valence-electron chi connectivity index (χ1n) is 11.5. The molecule has 9 nitrogen and oxygen atoms in total. The number of hydrogen-bond acceptors (Lipinski definition) is 7. The Hall–Kier alpha value is -3.37. The zero-order valence-electron chi connectivity index (χ0n) is 19.3. The fraction of sp³-hybridized carbons (Fsp3) is 0.375. The topological polar surface area (TPSA) is 91.0 Å². The van der Waals surface area contributed by atoms with Crippen LogP contribution in [0.1, 0.15) is 36.4 Å². The molecule has 180 valence electrons. The standard InChI is InChI=1S/C24H23ClFN7O2/c1-13-28-21-20(17-6-3-15(25)9-18(17)26)29-24(30-22(21)23(34)31(13)2)32-7-8-35-19(12-32)14-10-27-33(11-14)16-4-5-16/h3,6,9-11,16,19H,4-5,7-8,12H2,1-2H3. The number of fused-ring (bicyclic) bond motifs is 1. The van der Waals surface area contributed by atoms with E-state index in [4.69, 9.17) is 21.3 Å². The molecular weight excluding hydrogens is 473 g/mol. The summed E-state index contributed by atoms with van der Waals surface area (Å²) >= 11 is 5.98. The number of nitrogens with zero attached hydrogens (tertiary/aromatic N) is 7. The smallest absolute Gasteiger partial charge is 0.279 e. The minimum Gasteiger partial charge on any atom is -0.370 e. The van der Waals surface area contributed by atoms with Crippen LogP contribution in [0, 0.1) is 12.7 Å². The Morgan fingerprint density at radius 2 is 2.00 bits per heavy atom. The van der Waals surface area contributed by atoms with E-state index in [1.54, 1.807) is 26.1 Å². The van der Waals surface area contributed by atoms with E-state index in [9.17, 15) is 9.18 Å². The molecule has 1 aliphatic heterocycles. The number of hydrogen-bond donors (Lipinski definition) is 0. The van der Waals surface area contributed by atoms with Crippen LogP contribution in [0.15, 0.2) is 35.4 Å². The minimum absolute atomic E-state index is 0.136. The molecule has 3 aromatic heterocycles. The number of ether oxygens (including phenoxy) is 1. The Kier molecular flexibility index (Phi) is 5.30. The molecule has 1 aromatic carbocycles. The summed E-state index contributed by atoms with van der Waals surface area (Å²) in [5, 5.41) is 4.75. The summed E-state index contributed by atoms with van der Waals surface area (Å²) in [7, 11) is 1.64. The lowest BCUT2D eigenvalue weighted by molar-refractivity contribution is 0.0392. The lowest BCUT2D eigenvalue weighted by Gasteiger charge is -2.32. The molecular formula is C24H23ClFN7O2. The highest BCUT2D eigenvalue weighted by Crippen LogP contribution is 2.36. The Bertz CT molecular complexity index is 1510. The van der Waals surface area contributed by atoms with Gasteiger partial charge in [-0.05, 0) is 38.0 Å². The van der Waals surface area contributed by atoms with Gasteiger partial charge in [-0.15, -0.1) is 0 Å². The Morgan fingerprint density at radius 3 is 2.77 bits per heavy atom. The molecule has 1 aliphatic carbocycles. The average molecular weight is 496 g/mol. The van der Waals surface area contributed by atoms with Gasteiger partial charge in [0.15, 0.2) is 5.52 Å². The lowest BCUT2D eigenvalue weighted by atomic mass is 10.1. The van der Waals surface area contributed by atoms with Crippen LogP contribution in [0.25, 0.3) is 22.3 Å². The van der Waals surface area contributed by atoms with Crippen molar-refractivity contribution in [1.82, 2.24) is 29.3 Å². The molecule has 2 fully saturated rings. The first-order valence-corrected chi connectivity index (χ1v) is 11.9. The molecule has 0 bridgehead atoms. The zero-order valence-corrected chi connectivity index (χ0v) is 20.0. The van der Waals surface area contributed by atoms with E-state index in [-0.39, 0.29) is 39.0 Å². The van der Waals surface area contributed by atoms with Crippen molar-refractivity contribution in [2.24, 2.45) is 7.05 Å². The molecule has 1 saturated carbocycles. The molecule has 0 radical (unpaired) electrons. The van der Waals surface area contributed by atoms with Gasteiger partial charge in [-0.2, -0.15) is 5.10 Å². The minimum atomic E-state index is -0.545. The lowest BCUT2D eigenvalue weighted by Crippen LogP contribution is -2.39. The van der Waals surface area contributed by atoms with Crippen molar-refractivity contribution in [3.05, 3.63) is 63.2 Å². The maximum atomic E-state index is 15.0. The maximum Gasteiger partial charge on any atom is 0.279 e. The van der Waals surface area contributed by atoms with Gasteiger partial charge in [0, 0.05) is 35.9 Å². The summed E-state index contributed by atoms with van der Waals surface area (Å²) < 4.78 is 24.4. The predicted octanol–water partition coefficient (Wildman–Crippen LogP) is 3.60. The van der Waals surface area contributed by atoms with Gasteiger partial charge in [0.2, 0.25) is 5.95 Å². The fourth-order valence-corrected chi connectivity index (χ4v) is 4.50. The Morgan fingerprint density at radius 1 is 1.17 bits per heavy atom. The second-order valence-electron chi connectivity index (χ2n) is 9.01. The van der Waals surface area contributed by atoms with Crippen LogP contribution in [0.4, 0.5) is 10.3 Å². The molecule has 0 spiro atoms. The number of benzene rings is 1. The van der Waals surface area contributed by atoms with E-state index < -0.39 is 5.82 Å². The summed E-state index contributed by atoms with van der Waals surface area (Å²) in [6, 6.07) is 4.84. The summed E-state index contributed by atoms with van der Waals surface area (Å²) in [4.78, 5) is 28.9. The van der Waals surface area contributed by atoms with E-state index in [2.05, 4.69) is 15.1 Å². The van der Waals surface area contributed by atoms with E-state index in [1.807, 2.05) is 22.0 Å². The van der Waals surface area contributed by atoms with Gasteiger partial charge in [-0.1, -0.05) is 11.6 Å². The van der Waals surface area contributed by atoms with Crippen molar-refractivity contribution in [1.29, 1.82) is 0 Å². The van der Waals surface area contributed by atoms with Gasteiger partial charge >= 0.3 is 0 Å². The van der Waals surface area contributed by atoms with E-state index in [1.165, 1.54) is 10.6 Å². The van der Waals surface area contributed by atoms with Crippen LogP contribution in [0.3, 0.4) is 0 Å². The molecule has 0 N–H and O–H groups in total. The molecule has 11 heteroatoms. The van der Waals surface area contributed by atoms with Gasteiger partial charge in [0.25, 0.3) is 5.56 Å². The number of halogens is 2. The highest BCUT2D eigenvalue weighted by Gasteiger charge is 2.29. The van der Waals surface area contributed by atoms with Crippen molar-refractivity contribution in [3.63, 3.8) is 0 Å². The van der Waals surface area contributed by atoms with Crippen LogP contribution in [0.2, 0.25) is 5.02 Å². The van der Waals surface area contributed by atoms with Crippen LogP contribution in [-0.4, -0.2) is 49.0 Å². The molecule has 35 heavy (non-hydrogen) atoms. The quantitative estimate of drug-likeness (QED) is 0.427. The average Bonchev–Trinajstić information content (AvgIpc) is 3.59. The summed E-state index contributed by atoms with van der Waals surface area (Å²) in [5.74, 6) is 0.261. The maximum absolute atomic E-state index is 15.0. The molecule has 4 heterocycles. The van der Waals surface area contributed by atoms with Gasteiger partial charge in [-0.3, -0.25) is 14.0 Å². The monoisotopic (exact) mass is 495 g/mol. The third-order valence-electron chi connectivity index (χ3n) is 6.59. The summed E-state index contributed by atoms with van der Waals surface area (Å²) in [5.41, 5.74) is 1.52. The molecule has 4 aromatic rings. The highest BCUT2D eigenvalue weighted by molar-refractivity contribution is 6.30. The van der Waals surface area contributed by atoms with E-state index in [0.717, 1.165) is 18.4 Å². The first kappa shape index (κ1) is 22.1. The third kappa shape index (κ3) is 3.96. The second-order valence-corrected chi connectivity index (χ2v) is 9.44. The fourth-order valence-electron chi connectivity index (χ4n) is 4.34. The number of aromatic nitrogens is 6. The van der Waals surface area contributed by atoms with E-state index in [0.29, 0.717) is 37.5 Å². The second kappa shape index (κ2) is 8.39. The largest absolute Gasteiger partial charge is 0.370 e. The van der Waals surface area contributed by atoms with Gasteiger partial charge in [0.1, 0.15) is 29.0 Å². The van der Waals surface area contributed by atoms with E-state index >= 15 is 0 Å². The van der Waals surface area contributed by atoms with Crippen molar-refractivity contribution >= 4 is 28.6 Å². The highest BCUT2D eigenvalue weighted by atomic mass is 35.5. The number of anilines is 1. The third-order valence-corrected chi connectivity index (χ3v) is 6.82. The zero-order chi connectivity index (χ0) is 24.3. The molecule has 0 amide bonds. The SMILES string of the molecule is Cc1nc2c(-c3ccc(Cl)cc3F)nc(N3CCOC(c4cnn(C5CC5)c4)C3)nc2c(=O)n1C. The van der Waals surface area contributed by atoms with Crippen molar-refractivity contribution in [2.75, 3.05) is 24.6 Å². The predicted molar refractivity (Wildman–Crippen MR) is 129 cm³/mol. The van der Waals surface area contributed by atoms with Gasteiger partial charge < -0.3 is 9.64 Å². The Balaban J connectivity index is 1.45. The molecule has 6 rings (SSSR count). The van der Waals surface area contributed by atoms with Crippen molar-refractivity contribution in [3.8, 4) is 11.3 Å².